The van der Waals surface area contributed by atoms with Gasteiger partial charge in [-0.1, -0.05) is 207 Å². The first-order valence-corrected chi connectivity index (χ1v) is 19.9. The summed E-state index contributed by atoms with van der Waals surface area (Å²) in [4.78, 5) is 0. The van der Waals surface area contributed by atoms with Gasteiger partial charge in [0, 0.05) is 16.5 Å². The van der Waals surface area contributed by atoms with Crippen molar-refractivity contribution in [2.45, 2.75) is 11.0 Å². The van der Waals surface area contributed by atoms with Gasteiger partial charge < -0.3 is 10.3 Å². The second-order valence-electron chi connectivity index (χ2n) is 15.1. The number of benzene rings is 8. The third kappa shape index (κ3) is 5.53. The van der Waals surface area contributed by atoms with Gasteiger partial charge in [-0.25, -0.2) is 0 Å². The van der Waals surface area contributed by atoms with Crippen LogP contribution in [0.3, 0.4) is 0 Å². The van der Waals surface area contributed by atoms with Gasteiger partial charge in [0.05, 0.1) is 22.0 Å². The number of nitrogens with zero attached hydrogens (tertiary/aromatic N) is 1. The summed E-state index contributed by atoms with van der Waals surface area (Å²) in [6.07, 6.45) is 10.4. The monoisotopic (exact) mass is 742 g/mol. The zero-order valence-electron chi connectivity index (χ0n) is 32.2. The van der Waals surface area contributed by atoms with E-state index in [1.165, 1.54) is 49.7 Å². The highest BCUT2D eigenvalue weighted by Crippen LogP contribution is 2.55. The Labute approximate surface area is 340 Å². The number of fused-ring (bicyclic) bond motifs is 6. The van der Waals surface area contributed by atoms with Crippen LogP contribution < -0.4 is 5.73 Å². The molecule has 1 aliphatic rings. The van der Waals surface area contributed by atoms with Crippen LogP contribution >= 0.6 is 0 Å². The van der Waals surface area contributed by atoms with E-state index in [4.69, 9.17) is 5.73 Å². The lowest BCUT2D eigenvalue weighted by atomic mass is 9.72. The molecular formula is C56H42N2. The molecule has 2 nitrogen and oxygen atoms in total. The molecule has 2 N–H and O–H groups in total. The van der Waals surface area contributed by atoms with Crippen molar-refractivity contribution in [1.29, 1.82) is 0 Å². The number of aromatic nitrogens is 1. The number of rotatable bonds is 9. The average Bonchev–Trinajstić information content (AvgIpc) is 3.77. The lowest BCUT2D eigenvalue weighted by molar-refractivity contribution is 0.652. The van der Waals surface area contributed by atoms with Crippen LogP contribution in [0, 0.1) is 0 Å². The van der Waals surface area contributed by atoms with Crippen LogP contribution in [0.25, 0.3) is 49.7 Å². The van der Waals surface area contributed by atoms with E-state index in [1.54, 1.807) is 0 Å². The minimum absolute atomic E-state index is 0.530. The molecule has 0 radical (unpaired) electrons. The van der Waals surface area contributed by atoms with Crippen molar-refractivity contribution in [3.63, 3.8) is 0 Å². The maximum atomic E-state index is 7.67. The Morgan fingerprint density at radius 1 is 0.466 bits per heavy atom. The van der Waals surface area contributed by atoms with E-state index in [0.717, 1.165) is 33.4 Å². The molecule has 2 heteroatoms. The van der Waals surface area contributed by atoms with Crippen molar-refractivity contribution in [1.82, 2.24) is 4.57 Å². The van der Waals surface area contributed by atoms with Gasteiger partial charge in [-0.05, 0) is 86.0 Å². The fraction of sp³-hybridized carbons (Fsp3) is 0.0357. The third-order valence-electron chi connectivity index (χ3n) is 12.0. The highest BCUT2D eigenvalue weighted by atomic mass is 15.0. The predicted octanol–water partition coefficient (Wildman–Crippen LogP) is 13.3. The van der Waals surface area contributed by atoms with Crippen molar-refractivity contribution >= 4 is 21.8 Å². The molecule has 0 fully saturated rings. The largest absolute Gasteiger partial charge is 0.314 e. The highest BCUT2D eigenvalue weighted by Gasteiger charge is 2.43. The van der Waals surface area contributed by atoms with E-state index < -0.39 is 11.0 Å². The Hall–Kier alpha value is -7.26. The Bertz CT molecular complexity index is 2970. The Kier molecular flexibility index (Phi) is 8.70. The van der Waals surface area contributed by atoms with Crippen molar-refractivity contribution in [2.24, 2.45) is 5.73 Å². The van der Waals surface area contributed by atoms with Gasteiger partial charge in [0.2, 0.25) is 0 Å². The number of hydrogen-bond donors (Lipinski definition) is 1. The SMILES string of the molecule is C=C/C=C\C=C\C1(c2ccccc2)c2ccccc2-c2cc3c4ccc(-c5ccccc5)cc4n(-c4cccc(C(N)(c5ccccc5)c5ccccc5)c4)c3cc21. The molecule has 10 rings (SSSR count). The van der Waals surface area contributed by atoms with Gasteiger partial charge in [-0.2, -0.15) is 0 Å². The van der Waals surface area contributed by atoms with E-state index >= 15 is 0 Å². The van der Waals surface area contributed by atoms with Crippen molar-refractivity contribution < 1.29 is 0 Å². The number of nitrogens with two attached hydrogens (primary N) is 1. The molecule has 0 amide bonds. The van der Waals surface area contributed by atoms with Crippen LogP contribution in [0.2, 0.25) is 0 Å². The highest BCUT2D eigenvalue weighted by molar-refractivity contribution is 6.12. The maximum absolute atomic E-state index is 7.67. The average molecular weight is 743 g/mol. The molecule has 1 heterocycles. The molecule has 9 aromatic rings. The molecule has 58 heavy (non-hydrogen) atoms. The lowest BCUT2D eigenvalue weighted by Gasteiger charge is -2.32. The van der Waals surface area contributed by atoms with E-state index in [9.17, 15) is 0 Å². The Morgan fingerprint density at radius 3 is 1.79 bits per heavy atom. The summed E-state index contributed by atoms with van der Waals surface area (Å²) in [7, 11) is 0. The molecule has 0 aliphatic heterocycles. The molecule has 1 unspecified atom stereocenters. The number of allylic oxidation sites excluding steroid dienone is 5. The molecule has 0 bridgehead atoms. The second kappa shape index (κ2) is 14.4. The normalized spacial score (nSPS) is 15.0. The summed E-state index contributed by atoms with van der Waals surface area (Å²) < 4.78 is 2.46. The molecule has 0 spiro atoms. The van der Waals surface area contributed by atoms with Crippen molar-refractivity contribution in [3.8, 4) is 27.9 Å². The minimum atomic E-state index is -0.887. The molecule has 0 saturated carbocycles. The molecule has 276 valence electrons. The van der Waals surface area contributed by atoms with Crippen LogP contribution in [-0.2, 0) is 11.0 Å². The lowest BCUT2D eigenvalue weighted by Crippen LogP contribution is -2.39. The molecule has 8 aromatic carbocycles. The standard InChI is InChI=1S/C56H42N2/c1-2-3-4-19-35-55(42-23-11-6-12-24-42)51-32-18-17-31-47(51)49-38-50-48-34-33-41(40-21-9-5-10-22-40)36-53(48)58(54(50)39-52(49)55)46-30-20-29-45(37-46)56(57,43-25-13-7-14-26-43)44-27-15-8-16-28-44/h2-39H,1,57H2/b4-3-,35-19+. The molecule has 0 saturated heterocycles. The van der Waals surface area contributed by atoms with Crippen LogP contribution in [0.15, 0.2) is 237 Å². The van der Waals surface area contributed by atoms with Crippen LogP contribution in [0.5, 0.6) is 0 Å². The second-order valence-corrected chi connectivity index (χ2v) is 15.1. The molecular weight excluding hydrogens is 701 g/mol. The zero-order chi connectivity index (χ0) is 39.1. The van der Waals surface area contributed by atoms with Gasteiger partial charge >= 0.3 is 0 Å². The summed E-state index contributed by atoms with van der Waals surface area (Å²) in [5, 5.41) is 2.41. The predicted molar refractivity (Wildman–Crippen MR) is 243 cm³/mol. The third-order valence-corrected chi connectivity index (χ3v) is 12.0. The van der Waals surface area contributed by atoms with Crippen LogP contribution in [-0.4, -0.2) is 4.57 Å². The van der Waals surface area contributed by atoms with Crippen LogP contribution in [0.1, 0.15) is 33.4 Å². The topological polar surface area (TPSA) is 30.9 Å². The first-order chi connectivity index (χ1) is 28.6. The van der Waals surface area contributed by atoms with E-state index in [-0.39, 0.29) is 0 Å². The van der Waals surface area contributed by atoms with E-state index in [1.807, 2.05) is 24.3 Å². The maximum Gasteiger partial charge on any atom is 0.0923 e. The smallest absolute Gasteiger partial charge is 0.0923 e. The quantitative estimate of drug-likeness (QED) is 0.116. The summed E-state index contributed by atoms with van der Waals surface area (Å²) in [5.74, 6) is 0. The summed E-state index contributed by atoms with van der Waals surface area (Å²) in [6, 6.07) is 72.0. The fourth-order valence-electron chi connectivity index (χ4n) is 9.33. The number of hydrogen-bond acceptors (Lipinski definition) is 1. The first-order valence-electron chi connectivity index (χ1n) is 19.9. The van der Waals surface area contributed by atoms with Gasteiger partial charge in [-0.15, -0.1) is 0 Å². The summed E-state index contributed by atoms with van der Waals surface area (Å²) in [6.45, 7) is 3.92. The minimum Gasteiger partial charge on any atom is -0.314 e. The van der Waals surface area contributed by atoms with E-state index in [2.05, 4.69) is 217 Å². The van der Waals surface area contributed by atoms with Gasteiger partial charge in [0.15, 0.2) is 0 Å². The Balaban J connectivity index is 1.30. The zero-order valence-corrected chi connectivity index (χ0v) is 32.2. The molecule has 1 aliphatic carbocycles. The van der Waals surface area contributed by atoms with Crippen LogP contribution in [0.4, 0.5) is 0 Å². The first kappa shape index (κ1) is 35.2. The molecule has 1 aromatic heterocycles. The van der Waals surface area contributed by atoms with Gasteiger partial charge in [0.25, 0.3) is 0 Å². The van der Waals surface area contributed by atoms with Crippen molar-refractivity contribution in [2.75, 3.05) is 0 Å². The van der Waals surface area contributed by atoms with Gasteiger partial charge in [0.1, 0.15) is 0 Å². The van der Waals surface area contributed by atoms with Crippen molar-refractivity contribution in [3.05, 3.63) is 271 Å². The van der Waals surface area contributed by atoms with E-state index in [0.29, 0.717) is 0 Å². The summed E-state index contributed by atoms with van der Waals surface area (Å²) in [5.41, 5.74) is 21.3. The fourth-order valence-corrected chi connectivity index (χ4v) is 9.33. The molecule has 1 atom stereocenters. The Morgan fingerprint density at radius 2 is 1.09 bits per heavy atom. The van der Waals surface area contributed by atoms with Gasteiger partial charge in [-0.3, -0.25) is 0 Å². The summed E-state index contributed by atoms with van der Waals surface area (Å²) >= 11 is 0.